The molecule has 0 radical (unpaired) electrons. The fourth-order valence-corrected chi connectivity index (χ4v) is 0.866. The highest BCUT2D eigenvalue weighted by atomic mass is 19.1. The fraction of sp³-hybridized carbons (Fsp3) is 0.100. The zero-order chi connectivity index (χ0) is 9.84. The van der Waals surface area contributed by atoms with Crippen LogP contribution in [0, 0.1) is 5.82 Å². The highest BCUT2D eigenvalue weighted by Gasteiger charge is 1.98. The molecule has 0 unspecified atom stereocenters. The van der Waals surface area contributed by atoms with Gasteiger partial charge in [0.15, 0.2) is 5.78 Å². The first-order valence-electron chi connectivity index (χ1n) is 3.77. The molecule has 0 saturated carbocycles. The van der Waals surface area contributed by atoms with Gasteiger partial charge in [0.05, 0.1) is 0 Å². The minimum absolute atomic E-state index is 0.0427. The molecule has 0 atom stereocenters. The summed E-state index contributed by atoms with van der Waals surface area (Å²) in [6.45, 7) is 1.38. The standard InChI is InChI=1S/C10H9FO2/c1-7(12)2-3-8-6-9(11)4-5-10(8)13/h2-6,13H,1H3. The van der Waals surface area contributed by atoms with Gasteiger partial charge in [0.25, 0.3) is 0 Å². The number of ketones is 1. The molecule has 1 aromatic carbocycles. The second-order valence-electron chi connectivity index (χ2n) is 2.65. The van der Waals surface area contributed by atoms with Crippen LogP contribution < -0.4 is 0 Å². The van der Waals surface area contributed by atoms with Crippen molar-refractivity contribution in [2.45, 2.75) is 6.92 Å². The molecule has 0 amide bonds. The first kappa shape index (κ1) is 9.45. The monoisotopic (exact) mass is 180 g/mol. The molecule has 0 heterocycles. The Kier molecular flexibility index (Phi) is 2.80. The van der Waals surface area contributed by atoms with Gasteiger partial charge >= 0.3 is 0 Å². The van der Waals surface area contributed by atoms with Crippen LogP contribution in [0.3, 0.4) is 0 Å². The van der Waals surface area contributed by atoms with Crippen molar-refractivity contribution in [2.75, 3.05) is 0 Å². The van der Waals surface area contributed by atoms with Gasteiger partial charge in [0.2, 0.25) is 0 Å². The Morgan fingerprint density at radius 3 is 2.85 bits per heavy atom. The lowest BCUT2D eigenvalue weighted by Crippen LogP contribution is -1.82. The summed E-state index contributed by atoms with van der Waals surface area (Å²) in [5, 5.41) is 9.22. The summed E-state index contributed by atoms with van der Waals surface area (Å²) in [5.41, 5.74) is 0.301. The smallest absolute Gasteiger partial charge is 0.152 e. The number of phenols is 1. The number of aromatic hydroxyl groups is 1. The van der Waals surface area contributed by atoms with Crippen molar-refractivity contribution in [2.24, 2.45) is 0 Å². The first-order valence-corrected chi connectivity index (χ1v) is 3.77. The van der Waals surface area contributed by atoms with E-state index in [4.69, 9.17) is 0 Å². The van der Waals surface area contributed by atoms with Crippen LogP contribution in [0.15, 0.2) is 24.3 Å². The third kappa shape index (κ3) is 2.71. The molecule has 0 bridgehead atoms. The van der Waals surface area contributed by atoms with E-state index in [-0.39, 0.29) is 11.5 Å². The van der Waals surface area contributed by atoms with Gasteiger partial charge in [-0.2, -0.15) is 0 Å². The van der Waals surface area contributed by atoms with Crippen LogP contribution in [0.5, 0.6) is 5.75 Å². The zero-order valence-electron chi connectivity index (χ0n) is 7.12. The molecule has 0 fully saturated rings. The Labute approximate surface area is 75.3 Å². The minimum atomic E-state index is -0.444. The van der Waals surface area contributed by atoms with Gasteiger partial charge in [-0.15, -0.1) is 0 Å². The Bertz CT molecular complexity index is 356. The molecule has 0 saturated heterocycles. The Morgan fingerprint density at radius 1 is 1.54 bits per heavy atom. The van der Waals surface area contributed by atoms with E-state index in [1.165, 1.54) is 25.1 Å². The first-order chi connectivity index (χ1) is 6.09. The molecule has 0 aliphatic carbocycles. The van der Waals surface area contributed by atoms with E-state index in [0.29, 0.717) is 5.56 Å². The average Bonchev–Trinajstić information content (AvgIpc) is 2.06. The largest absolute Gasteiger partial charge is 0.507 e. The molecule has 0 aliphatic rings. The number of rotatable bonds is 2. The molecule has 0 aliphatic heterocycles. The molecular formula is C10H9FO2. The number of phenolic OH excluding ortho intramolecular Hbond substituents is 1. The van der Waals surface area contributed by atoms with E-state index >= 15 is 0 Å². The predicted octanol–water partition coefficient (Wildman–Crippen LogP) is 2.13. The van der Waals surface area contributed by atoms with Crippen molar-refractivity contribution in [3.8, 4) is 5.75 Å². The van der Waals surface area contributed by atoms with Crippen molar-refractivity contribution in [3.63, 3.8) is 0 Å². The van der Waals surface area contributed by atoms with Crippen LogP contribution >= 0.6 is 0 Å². The summed E-state index contributed by atoms with van der Waals surface area (Å²) < 4.78 is 12.6. The van der Waals surface area contributed by atoms with Crippen LogP contribution in [0.25, 0.3) is 6.08 Å². The summed E-state index contributed by atoms with van der Waals surface area (Å²) in [6.07, 6.45) is 2.65. The quantitative estimate of drug-likeness (QED) is 0.708. The maximum Gasteiger partial charge on any atom is 0.152 e. The number of halogens is 1. The average molecular weight is 180 g/mol. The third-order valence-electron chi connectivity index (χ3n) is 1.49. The number of hydrogen-bond donors (Lipinski definition) is 1. The van der Waals surface area contributed by atoms with E-state index in [2.05, 4.69) is 0 Å². The van der Waals surface area contributed by atoms with Gasteiger partial charge in [-0.05, 0) is 37.3 Å². The summed E-state index contributed by atoms with van der Waals surface area (Å²) in [5.74, 6) is -0.636. The second-order valence-corrected chi connectivity index (χ2v) is 2.65. The molecule has 13 heavy (non-hydrogen) atoms. The molecule has 0 spiro atoms. The third-order valence-corrected chi connectivity index (χ3v) is 1.49. The van der Waals surface area contributed by atoms with Crippen LogP contribution in [-0.2, 0) is 4.79 Å². The number of benzene rings is 1. The highest BCUT2D eigenvalue weighted by molar-refractivity contribution is 5.91. The van der Waals surface area contributed by atoms with Crippen LogP contribution in [0.4, 0.5) is 4.39 Å². The normalized spacial score (nSPS) is 10.6. The molecule has 1 rings (SSSR count). The van der Waals surface area contributed by atoms with Crippen LogP contribution in [0.1, 0.15) is 12.5 Å². The van der Waals surface area contributed by atoms with E-state index in [0.717, 1.165) is 12.1 Å². The van der Waals surface area contributed by atoms with Crippen molar-refractivity contribution in [3.05, 3.63) is 35.7 Å². The van der Waals surface area contributed by atoms with Gasteiger partial charge in [0.1, 0.15) is 11.6 Å². The lowest BCUT2D eigenvalue weighted by Gasteiger charge is -1.97. The predicted molar refractivity (Wildman–Crippen MR) is 47.8 cm³/mol. The maximum absolute atomic E-state index is 12.6. The SMILES string of the molecule is CC(=O)C=Cc1cc(F)ccc1O. The topological polar surface area (TPSA) is 37.3 Å². The van der Waals surface area contributed by atoms with Crippen molar-refractivity contribution >= 4 is 11.9 Å². The zero-order valence-corrected chi connectivity index (χ0v) is 7.12. The minimum Gasteiger partial charge on any atom is -0.507 e. The van der Waals surface area contributed by atoms with E-state index < -0.39 is 5.82 Å². The summed E-state index contributed by atoms with van der Waals surface area (Å²) >= 11 is 0. The lowest BCUT2D eigenvalue weighted by molar-refractivity contribution is -0.112. The number of carbonyl (C=O) groups is 1. The van der Waals surface area contributed by atoms with Gasteiger partial charge in [-0.1, -0.05) is 0 Å². The fourth-order valence-electron chi connectivity index (χ4n) is 0.866. The van der Waals surface area contributed by atoms with Crippen LogP contribution in [-0.4, -0.2) is 10.9 Å². The van der Waals surface area contributed by atoms with Crippen molar-refractivity contribution in [1.82, 2.24) is 0 Å². The Morgan fingerprint density at radius 2 is 2.23 bits per heavy atom. The number of carbonyl (C=O) groups excluding carboxylic acids is 1. The van der Waals surface area contributed by atoms with Gasteiger partial charge < -0.3 is 5.11 Å². The lowest BCUT2D eigenvalue weighted by atomic mass is 10.1. The maximum atomic E-state index is 12.6. The highest BCUT2D eigenvalue weighted by Crippen LogP contribution is 2.18. The summed E-state index contributed by atoms with van der Waals surface area (Å²) in [7, 11) is 0. The van der Waals surface area contributed by atoms with Gasteiger partial charge in [-0.3, -0.25) is 4.79 Å². The molecule has 1 aromatic rings. The molecule has 68 valence electrons. The Hall–Kier alpha value is -1.64. The van der Waals surface area contributed by atoms with Gasteiger partial charge in [-0.25, -0.2) is 4.39 Å². The van der Waals surface area contributed by atoms with Crippen molar-refractivity contribution in [1.29, 1.82) is 0 Å². The number of hydrogen-bond acceptors (Lipinski definition) is 2. The van der Waals surface area contributed by atoms with E-state index in [9.17, 15) is 14.3 Å². The number of allylic oxidation sites excluding steroid dienone is 1. The second kappa shape index (κ2) is 3.85. The van der Waals surface area contributed by atoms with Gasteiger partial charge in [0, 0.05) is 5.56 Å². The van der Waals surface area contributed by atoms with E-state index in [1.54, 1.807) is 0 Å². The van der Waals surface area contributed by atoms with Crippen molar-refractivity contribution < 1.29 is 14.3 Å². The molecule has 3 heteroatoms. The summed E-state index contributed by atoms with van der Waals surface area (Å²) in [6, 6.07) is 3.56. The molecular weight excluding hydrogens is 171 g/mol. The molecule has 0 aromatic heterocycles. The molecule has 1 N–H and O–H groups in total. The Balaban J connectivity index is 3.00. The molecule has 2 nitrogen and oxygen atoms in total. The summed E-state index contributed by atoms with van der Waals surface area (Å²) in [4.78, 5) is 10.6. The van der Waals surface area contributed by atoms with Crippen LogP contribution in [0.2, 0.25) is 0 Å². The van der Waals surface area contributed by atoms with E-state index in [1.807, 2.05) is 0 Å².